The maximum atomic E-state index is 12.0. The first-order chi connectivity index (χ1) is 7.73. The molecule has 1 aromatic rings. The molecule has 0 aromatic heterocycles. The number of nitrogens with zero attached hydrogens (tertiary/aromatic N) is 1. The zero-order valence-electron chi connectivity index (χ0n) is 9.93. The first-order valence-corrected chi connectivity index (χ1v) is 6.65. The fourth-order valence-corrected chi connectivity index (χ4v) is 2.27. The molecule has 5 heteroatoms. The molecule has 0 radical (unpaired) electrons. The first-order valence-electron chi connectivity index (χ1n) is 5.11. The Morgan fingerprint density at radius 2 is 1.82 bits per heavy atom. The van der Waals surface area contributed by atoms with E-state index >= 15 is 0 Å². The van der Waals surface area contributed by atoms with Crippen LogP contribution in [0.1, 0.15) is 19.4 Å². The molecule has 2 nitrogen and oxygen atoms in total. The molecular formula is C12H14BrCl2NO. The second-order valence-electron chi connectivity index (χ2n) is 4.33. The van der Waals surface area contributed by atoms with Crippen LogP contribution in [0.25, 0.3) is 0 Å². The highest BCUT2D eigenvalue weighted by atomic mass is 79.9. The van der Waals surface area contributed by atoms with Crippen molar-refractivity contribution in [1.29, 1.82) is 0 Å². The second kappa shape index (κ2) is 5.59. The summed E-state index contributed by atoms with van der Waals surface area (Å²) < 4.78 is -0.588. The van der Waals surface area contributed by atoms with Crippen LogP contribution in [0.15, 0.2) is 18.2 Å². The topological polar surface area (TPSA) is 20.3 Å². The van der Waals surface area contributed by atoms with Crippen molar-refractivity contribution in [3.05, 3.63) is 33.8 Å². The number of amides is 1. The van der Waals surface area contributed by atoms with Gasteiger partial charge in [0.25, 0.3) is 0 Å². The van der Waals surface area contributed by atoms with Gasteiger partial charge in [-0.05, 0) is 26.0 Å². The van der Waals surface area contributed by atoms with Gasteiger partial charge < -0.3 is 4.90 Å². The Hall–Kier alpha value is -0.250. The molecule has 0 bridgehead atoms. The molecule has 0 saturated carbocycles. The van der Waals surface area contributed by atoms with Gasteiger partial charge in [-0.2, -0.15) is 0 Å². The average molecular weight is 339 g/mol. The lowest BCUT2D eigenvalue weighted by Crippen LogP contribution is -2.38. The van der Waals surface area contributed by atoms with Gasteiger partial charge in [-0.3, -0.25) is 4.79 Å². The summed E-state index contributed by atoms with van der Waals surface area (Å²) in [6, 6.07) is 5.31. The highest BCUT2D eigenvalue weighted by Crippen LogP contribution is 2.27. The molecule has 0 aliphatic heterocycles. The Labute approximate surface area is 120 Å². The van der Waals surface area contributed by atoms with E-state index in [0.29, 0.717) is 16.6 Å². The molecule has 17 heavy (non-hydrogen) atoms. The Balaban J connectivity index is 2.89. The number of alkyl halides is 1. The van der Waals surface area contributed by atoms with Crippen molar-refractivity contribution >= 4 is 45.0 Å². The Bertz CT molecular complexity index is 409. The quantitative estimate of drug-likeness (QED) is 0.759. The fraction of sp³-hybridized carbons (Fsp3) is 0.417. The number of hydrogen-bond acceptors (Lipinski definition) is 1. The number of carbonyl (C=O) groups excluding carboxylic acids is 1. The first kappa shape index (κ1) is 14.8. The van der Waals surface area contributed by atoms with E-state index in [-0.39, 0.29) is 5.91 Å². The van der Waals surface area contributed by atoms with Gasteiger partial charge in [0.15, 0.2) is 0 Å². The van der Waals surface area contributed by atoms with Crippen LogP contribution in [0, 0.1) is 0 Å². The molecule has 0 aliphatic rings. The van der Waals surface area contributed by atoms with Crippen LogP contribution in [-0.4, -0.2) is 22.2 Å². The minimum Gasteiger partial charge on any atom is -0.340 e. The van der Waals surface area contributed by atoms with E-state index in [0.717, 1.165) is 5.56 Å². The summed E-state index contributed by atoms with van der Waals surface area (Å²) in [5.74, 6) is -0.0199. The van der Waals surface area contributed by atoms with Crippen molar-refractivity contribution in [2.75, 3.05) is 7.05 Å². The molecule has 0 heterocycles. The summed E-state index contributed by atoms with van der Waals surface area (Å²) in [5, 5.41) is 1.15. The third-order valence-corrected chi connectivity index (χ3v) is 3.36. The highest BCUT2D eigenvalue weighted by Gasteiger charge is 2.27. The van der Waals surface area contributed by atoms with Gasteiger partial charge in [-0.15, -0.1) is 0 Å². The minimum atomic E-state index is -0.588. The third kappa shape index (κ3) is 3.87. The molecule has 1 amide bonds. The number of benzene rings is 1. The molecule has 0 spiro atoms. The predicted octanol–water partition coefficient (Wildman–Crippen LogP) is 4.13. The molecule has 1 rings (SSSR count). The second-order valence-corrected chi connectivity index (χ2v) is 7.13. The van der Waals surface area contributed by atoms with E-state index in [1.54, 1.807) is 44.0 Å². The van der Waals surface area contributed by atoms with Crippen molar-refractivity contribution < 1.29 is 4.79 Å². The van der Waals surface area contributed by atoms with Crippen LogP contribution in [0.4, 0.5) is 0 Å². The van der Waals surface area contributed by atoms with Crippen molar-refractivity contribution in [3.63, 3.8) is 0 Å². The largest absolute Gasteiger partial charge is 0.340 e. The van der Waals surface area contributed by atoms with E-state index in [1.165, 1.54) is 0 Å². The summed E-state index contributed by atoms with van der Waals surface area (Å²) >= 11 is 15.5. The van der Waals surface area contributed by atoms with Crippen molar-refractivity contribution in [2.45, 2.75) is 24.7 Å². The van der Waals surface area contributed by atoms with Gasteiger partial charge in [0.1, 0.15) is 0 Å². The molecule has 0 saturated heterocycles. The standard InChI is InChI=1S/C12H14BrCl2NO/c1-12(2,13)11(17)16(3)7-8-9(14)5-4-6-10(8)15/h4-6H,7H2,1-3H3. The Morgan fingerprint density at radius 3 is 2.24 bits per heavy atom. The van der Waals surface area contributed by atoms with E-state index < -0.39 is 4.32 Å². The van der Waals surface area contributed by atoms with Crippen LogP contribution >= 0.6 is 39.1 Å². The molecule has 94 valence electrons. The van der Waals surface area contributed by atoms with Crippen LogP contribution in [0.2, 0.25) is 10.0 Å². The average Bonchev–Trinajstić information content (AvgIpc) is 2.21. The predicted molar refractivity (Wildman–Crippen MR) is 75.9 cm³/mol. The Kier molecular flexibility index (Phi) is 4.87. The fourth-order valence-electron chi connectivity index (χ4n) is 1.45. The highest BCUT2D eigenvalue weighted by molar-refractivity contribution is 9.10. The van der Waals surface area contributed by atoms with Gasteiger partial charge in [-0.1, -0.05) is 45.2 Å². The molecule has 0 aliphatic carbocycles. The zero-order valence-corrected chi connectivity index (χ0v) is 13.0. The third-order valence-electron chi connectivity index (χ3n) is 2.31. The van der Waals surface area contributed by atoms with Gasteiger partial charge >= 0.3 is 0 Å². The zero-order chi connectivity index (χ0) is 13.2. The number of rotatable bonds is 3. The lowest BCUT2D eigenvalue weighted by atomic mass is 10.1. The molecule has 0 atom stereocenters. The minimum absolute atomic E-state index is 0.0199. The summed E-state index contributed by atoms with van der Waals surface area (Å²) in [6.07, 6.45) is 0. The van der Waals surface area contributed by atoms with Crippen LogP contribution in [0.5, 0.6) is 0 Å². The van der Waals surface area contributed by atoms with E-state index in [9.17, 15) is 4.79 Å². The van der Waals surface area contributed by atoms with E-state index in [4.69, 9.17) is 23.2 Å². The summed E-state index contributed by atoms with van der Waals surface area (Å²) in [6.45, 7) is 4.01. The molecule has 1 aromatic carbocycles. The number of halogens is 3. The molecule has 0 unspecified atom stereocenters. The van der Waals surface area contributed by atoms with Crippen LogP contribution < -0.4 is 0 Å². The molecular weight excluding hydrogens is 325 g/mol. The van der Waals surface area contributed by atoms with Crippen molar-refractivity contribution in [2.24, 2.45) is 0 Å². The maximum absolute atomic E-state index is 12.0. The normalized spacial score (nSPS) is 11.4. The van der Waals surface area contributed by atoms with Crippen molar-refractivity contribution in [3.8, 4) is 0 Å². The monoisotopic (exact) mass is 337 g/mol. The lowest BCUT2D eigenvalue weighted by Gasteiger charge is -2.25. The summed E-state index contributed by atoms with van der Waals surface area (Å²) in [5.41, 5.74) is 0.767. The maximum Gasteiger partial charge on any atom is 0.238 e. The molecule has 0 N–H and O–H groups in total. The van der Waals surface area contributed by atoms with Crippen LogP contribution in [-0.2, 0) is 11.3 Å². The van der Waals surface area contributed by atoms with Gasteiger partial charge in [-0.25, -0.2) is 0 Å². The van der Waals surface area contributed by atoms with Gasteiger partial charge in [0.2, 0.25) is 5.91 Å². The SMILES string of the molecule is CN(Cc1c(Cl)cccc1Cl)C(=O)C(C)(C)Br. The van der Waals surface area contributed by atoms with Crippen molar-refractivity contribution in [1.82, 2.24) is 4.90 Å². The van der Waals surface area contributed by atoms with Gasteiger partial charge in [0, 0.05) is 29.2 Å². The van der Waals surface area contributed by atoms with Gasteiger partial charge in [0.05, 0.1) is 4.32 Å². The summed E-state index contributed by atoms with van der Waals surface area (Å²) in [7, 11) is 1.73. The summed E-state index contributed by atoms with van der Waals surface area (Å²) in [4.78, 5) is 13.6. The van der Waals surface area contributed by atoms with Crippen LogP contribution in [0.3, 0.4) is 0 Å². The van der Waals surface area contributed by atoms with E-state index in [1.807, 2.05) is 0 Å². The lowest BCUT2D eigenvalue weighted by molar-refractivity contribution is -0.131. The molecule has 0 fully saturated rings. The smallest absolute Gasteiger partial charge is 0.238 e. The Morgan fingerprint density at radius 1 is 1.35 bits per heavy atom. The number of carbonyl (C=O) groups is 1. The number of hydrogen-bond donors (Lipinski definition) is 0. The van der Waals surface area contributed by atoms with E-state index in [2.05, 4.69) is 15.9 Å².